The minimum absolute atomic E-state index is 0.00656. The topological polar surface area (TPSA) is 84.6 Å². The predicted octanol–water partition coefficient (Wildman–Crippen LogP) is 1.94. The minimum Gasteiger partial charge on any atom is -0.478 e. The van der Waals surface area contributed by atoms with Gasteiger partial charge in [-0.3, -0.25) is 0 Å². The number of aromatic carboxylic acids is 1. The molecule has 0 amide bonds. The molecule has 100 valence electrons. The van der Waals surface area contributed by atoms with Gasteiger partial charge in [0, 0.05) is 19.8 Å². The fourth-order valence-electron chi connectivity index (χ4n) is 1.58. The van der Waals surface area contributed by atoms with E-state index in [1.54, 1.807) is 7.11 Å². The number of hydrogen-bond donors (Lipinski definition) is 3. The lowest BCUT2D eigenvalue weighted by Gasteiger charge is -2.17. The number of nitrogen functional groups attached to an aromatic ring is 1. The smallest absolute Gasteiger partial charge is 0.340 e. The molecule has 1 aromatic rings. The number of benzene rings is 1. The Bertz CT molecular complexity index is 438. The number of ether oxygens (including phenoxy) is 1. The van der Waals surface area contributed by atoms with E-state index >= 15 is 0 Å². The first-order valence-corrected chi connectivity index (χ1v) is 5.54. The maximum absolute atomic E-state index is 13.2. The number of nitrogens with one attached hydrogen (secondary N) is 1. The van der Waals surface area contributed by atoms with Crippen LogP contribution in [0.5, 0.6) is 0 Å². The second-order valence-electron chi connectivity index (χ2n) is 4.02. The molecule has 0 saturated carbocycles. The van der Waals surface area contributed by atoms with E-state index in [-0.39, 0.29) is 17.3 Å². The monoisotopic (exact) mass is 256 g/mol. The molecular weight excluding hydrogens is 239 g/mol. The number of carboxylic acid groups (broad SMARTS) is 1. The van der Waals surface area contributed by atoms with Crippen LogP contribution in [0.2, 0.25) is 0 Å². The van der Waals surface area contributed by atoms with Gasteiger partial charge >= 0.3 is 5.97 Å². The zero-order chi connectivity index (χ0) is 13.7. The molecule has 6 heteroatoms. The Balaban J connectivity index is 2.95. The van der Waals surface area contributed by atoms with Crippen LogP contribution < -0.4 is 11.1 Å². The molecule has 1 rings (SSSR count). The molecule has 0 aliphatic heterocycles. The van der Waals surface area contributed by atoms with E-state index in [2.05, 4.69) is 5.32 Å². The maximum Gasteiger partial charge on any atom is 0.340 e. The van der Waals surface area contributed by atoms with Crippen LogP contribution in [0.15, 0.2) is 12.1 Å². The Morgan fingerprint density at radius 3 is 2.83 bits per heavy atom. The fourth-order valence-corrected chi connectivity index (χ4v) is 1.58. The summed E-state index contributed by atoms with van der Waals surface area (Å²) in [5.41, 5.74) is 5.16. The van der Waals surface area contributed by atoms with Gasteiger partial charge in [0.05, 0.1) is 11.4 Å². The first-order chi connectivity index (χ1) is 8.47. The Morgan fingerprint density at radius 1 is 1.61 bits per heavy atom. The van der Waals surface area contributed by atoms with Gasteiger partial charge < -0.3 is 20.9 Å². The second kappa shape index (κ2) is 6.20. The fraction of sp³-hybridized carbons (Fsp3) is 0.417. The quantitative estimate of drug-likeness (QED) is 0.677. The van der Waals surface area contributed by atoms with Gasteiger partial charge in [0.2, 0.25) is 0 Å². The van der Waals surface area contributed by atoms with Crippen LogP contribution in [-0.2, 0) is 4.74 Å². The van der Waals surface area contributed by atoms with E-state index in [0.717, 1.165) is 6.07 Å². The molecule has 1 unspecified atom stereocenters. The van der Waals surface area contributed by atoms with Crippen LogP contribution in [-0.4, -0.2) is 30.8 Å². The zero-order valence-electron chi connectivity index (χ0n) is 10.4. The van der Waals surface area contributed by atoms with E-state index in [4.69, 9.17) is 15.6 Å². The number of nitrogens with two attached hydrogens (primary N) is 1. The van der Waals surface area contributed by atoms with Crippen molar-refractivity contribution >= 4 is 17.3 Å². The number of anilines is 2. The van der Waals surface area contributed by atoms with Crippen LogP contribution in [0.25, 0.3) is 0 Å². The average molecular weight is 256 g/mol. The van der Waals surface area contributed by atoms with E-state index in [1.807, 2.05) is 6.92 Å². The predicted molar refractivity (Wildman–Crippen MR) is 67.3 cm³/mol. The van der Waals surface area contributed by atoms with Crippen LogP contribution >= 0.6 is 0 Å². The van der Waals surface area contributed by atoms with Crippen LogP contribution in [0.4, 0.5) is 15.8 Å². The summed E-state index contributed by atoms with van der Waals surface area (Å²) in [6.45, 7) is 2.43. The molecule has 0 bridgehead atoms. The number of methoxy groups -OCH3 is 1. The van der Waals surface area contributed by atoms with Crippen LogP contribution in [0.1, 0.15) is 23.7 Å². The lowest BCUT2D eigenvalue weighted by molar-refractivity contribution is 0.0698. The van der Waals surface area contributed by atoms with Crippen molar-refractivity contribution in [1.82, 2.24) is 0 Å². The molecule has 0 saturated heterocycles. The second-order valence-corrected chi connectivity index (χ2v) is 4.02. The van der Waals surface area contributed by atoms with Gasteiger partial charge in [-0.25, -0.2) is 9.18 Å². The highest BCUT2D eigenvalue weighted by Crippen LogP contribution is 2.25. The number of carbonyl (C=O) groups is 1. The summed E-state index contributed by atoms with van der Waals surface area (Å²) >= 11 is 0. The van der Waals surface area contributed by atoms with Gasteiger partial charge in [-0.2, -0.15) is 0 Å². The zero-order valence-corrected chi connectivity index (χ0v) is 10.4. The third kappa shape index (κ3) is 3.33. The highest BCUT2D eigenvalue weighted by atomic mass is 19.1. The van der Waals surface area contributed by atoms with Gasteiger partial charge in [-0.05, 0) is 25.5 Å². The number of carboxylic acids is 1. The van der Waals surface area contributed by atoms with Crippen LogP contribution in [0, 0.1) is 5.82 Å². The summed E-state index contributed by atoms with van der Waals surface area (Å²) in [6, 6.07) is 2.51. The number of hydrogen-bond acceptors (Lipinski definition) is 4. The third-order valence-electron chi connectivity index (χ3n) is 2.56. The van der Waals surface area contributed by atoms with Crippen molar-refractivity contribution in [2.45, 2.75) is 19.4 Å². The van der Waals surface area contributed by atoms with Gasteiger partial charge in [0.1, 0.15) is 11.4 Å². The SMILES string of the molecule is COCCC(C)Nc1ccc(F)c(N)c1C(=O)O. The summed E-state index contributed by atoms with van der Waals surface area (Å²) in [6.07, 6.45) is 0.701. The number of halogens is 1. The molecule has 1 aromatic carbocycles. The molecular formula is C12H17FN2O3. The molecule has 0 fully saturated rings. The summed E-state index contributed by atoms with van der Waals surface area (Å²) in [5.74, 6) is -1.99. The van der Waals surface area contributed by atoms with E-state index in [9.17, 15) is 9.18 Å². The maximum atomic E-state index is 13.2. The summed E-state index contributed by atoms with van der Waals surface area (Å²) < 4.78 is 18.2. The van der Waals surface area contributed by atoms with Crippen molar-refractivity contribution in [2.75, 3.05) is 24.8 Å². The molecule has 0 spiro atoms. The van der Waals surface area contributed by atoms with Gasteiger partial charge in [0.25, 0.3) is 0 Å². The molecule has 0 radical (unpaired) electrons. The molecule has 4 N–H and O–H groups in total. The number of rotatable bonds is 6. The third-order valence-corrected chi connectivity index (χ3v) is 2.56. The lowest BCUT2D eigenvalue weighted by Crippen LogP contribution is -2.20. The molecule has 0 aromatic heterocycles. The highest BCUT2D eigenvalue weighted by Gasteiger charge is 2.18. The minimum atomic E-state index is -1.26. The van der Waals surface area contributed by atoms with Crippen molar-refractivity contribution in [3.63, 3.8) is 0 Å². The Labute approximate surface area is 105 Å². The van der Waals surface area contributed by atoms with Crippen molar-refractivity contribution in [1.29, 1.82) is 0 Å². The van der Waals surface area contributed by atoms with E-state index in [1.165, 1.54) is 6.07 Å². The average Bonchev–Trinajstić information content (AvgIpc) is 2.31. The summed E-state index contributed by atoms with van der Waals surface area (Å²) in [5, 5.41) is 12.0. The Hall–Kier alpha value is -1.82. The van der Waals surface area contributed by atoms with Gasteiger partial charge in [0.15, 0.2) is 0 Å². The molecule has 18 heavy (non-hydrogen) atoms. The van der Waals surface area contributed by atoms with Crippen molar-refractivity contribution in [2.24, 2.45) is 0 Å². The largest absolute Gasteiger partial charge is 0.478 e. The van der Waals surface area contributed by atoms with Crippen molar-refractivity contribution < 1.29 is 19.0 Å². The molecule has 0 heterocycles. The normalized spacial score (nSPS) is 12.2. The molecule has 1 atom stereocenters. The molecule has 0 aliphatic rings. The molecule has 0 aliphatic carbocycles. The summed E-state index contributed by atoms with van der Waals surface area (Å²) in [4.78, 5) is 11.1. The van der Waals surface area contributed by atoms with Gasteiger partial charge in [-0.1, -0.05) is 0 Å². The Kier molecular flexibility index (Phi) is 4.91. The van der Waals surface area contributed by atoms with Gasteiger partial charge in [-0.15, -0.1) is 0 Å². The van der Waals surface area contributed by atoms with Crippen LogP contribution in [0.3, 0.4) is 0 Å². The highest BCUT2D eigenvalue weighted by molar-refractivity contribution is 6.00. The standard InChI is InChI=1S/C12H17FN2O3/c1-7(5-6-18-2)15-9-4-3-8(13)11(14)10(9)12(16)17/h3-4,7,15H,5-6,14H2,1-2H3,(H,16,17). The first kappa shape index (κ1) is 14.2. The van der Waals surface area contributed by atoms with E-state index in [0.29, 0.717) is 18.7 Å². The molecule has 5 nitrogen and oxygen atoms in total. The first-order valence-electron chi connectivity index (χ1n) is 5.54. The van der Waals surface area contributed by atoms with Crippen molar-refractivity contribution in [3.8, 4) is 0 Å². The Morgan fingerprint density at radius 2 is 2.28 bits per heavy atom. The van der Waals surface area contributed by atoms with Crippen molar-refractivity contribution in [3.05, 3.63) is 23.5 Å². The van der Waals surface area contributed by atoms with E-state index < -0.39 is 11.8 Å². The lowest BCUT2D eigenvalue weighted by atomic mass is 10.1. The summed E-state index contributed by atoms with van der Waals surface area (Å²) in [7, 11) is 1.59.